The average molecular weight is 251 g/mol. The van der Waals surface area contributed by atoms with Gasteiger partial charge >= 0.3 is 0 Å². The maximum absolute atomic E-state index is 5.80. The average Bonchev–Trinajstić information content (AvgIpc) is 2.75. The molecular formula is C12H15ClN4. The first kappa shape index (κ1) is 11.9. The predicted molar refractivity (Wildman–Crippen MR) is 69.2 cm³/mol. The number of hydrogen-bond acceptors (Lipinski definition) is 3. The summed E-state index contributed by atoms with van der Waals surface area (Å²) in [6.07, 6.45) is 5.60. The zero-order valence-corrected chi connectivity index (χ0v) is 10.6. The fourth-order valence-electron chi connectivity index (χ4n) is 1.47. The third-order valence-electron chi connectivity index (χ3n) is 2.41. The minimum absolute atomic E-state index is 0.388. The van der Waals surface area contributed by atoms with Gasteiger partial charge in [-0.1, -0.05) is 11.6 Å². The van der Waals surface area contributed by atoms with Crippen LogP contribution in [-0.2, 0) is 6.54 Å². The van der Waals surface area contributed by atoms with Gasteiger partial charge in [0.25, 0.3) is 0 Å². The molecule has 2 aromatic heterocycles. The van der Waals surface area contributed by atoms with Crippen molar-refractivity contribution in [2.75, 3.05) is 5.32 Å². The Labute approximate surface area is 106 Å². The molecule has 0 saturated heterocycles. The predicted octanol–water partition coefficient (Wildman–Crippen LogP) is 3.12. The van der Waals surface area contributed by atoms with E-state index in [0.717, 1.165) is 17.8 Å². The summed E-state index contributed by atoms with van der Waals surface area (Å²) in [4.78, 5) is 3.93. The van der Waals surface area contributed by atoms with E-state index < -0.39 is 0 Å². The molecule has 0 unspecified atom stereocenters. The van der Waals surface area contributed by atoms with Crippen molar-refractivity contribution in [2.24, 2.45) is 0 Å². The van der Waals surface area contributed by atoms with Gasteiger partial charge in [0.15, 0.2) is 0 Å². The van der Waals surface area contributed by atoms with Gasteiger partial charge in [0.05, 0.1) is 6.20 Å². The molecule has 0 aliphatic heterocycles. The standard InChI is InChI=1S/C12H15ClN4/c1-9(2)17-8-10(7-16-17)6-15-11-3-4-14-12(13)5-11/h3-5,7-9H,6H2,1-2H3,(H,14,15). The van der Waals surface area contributed by atoms with Gasteiger partial charge in [-0.05, 0) is 26.0 Å². The maximum Gasteiger partial charge on any atom is 0.131 e. The minimum atomic E-state index is 0.388. The molecule has 4 nitrogen and oxygen atoms in total. The van der Waals surface area contributed by atoms with Gasteiger partial charge in [-0.3, -0.25) is 4.68 Å². The van der Waals surface area contributed by atoms with Crippen LogP contribution in [0.1, 0.15) is 25.5 Å². The Morgan fingerprint density at radius 3 is 2.94 bits per heavy atom. The molecule has 5 heteroatoms. The monoisotopic (exact) mass is 250 g/mol. The molecule has 0 fully saturated rings. The van der Waals surface area contributed by atoms with Crippen molar-refractivity contribution in [3.05, 3.63) is 41.4 Å². The van der Waals surface area contributed by atoms with E-state index in [9.17, 15) is 0 Å². The van der Waals surface area contributed by atoms with Crippen LogP contribution in [-0.4, -0.2) is 14.8 Å². The lowest BCUT2D eigenvalue weighted by atomic mass is 10.3. The molecule has 0 aliphatic carbocycles. The number of anilines is 1. The first-order valence-electron chi connectivity index (χ1n) is 5.53. The van der Waals surface area contributed by atoms with Crippen LogP contribution in [0.15, 0.2) is 30.7 Å². The molecule has 0 spiro atoms. The molecule has 0 aromatic carbocycles. The third kappa shape index (κ3) is 3.20. The highest BCUT2D eigenvalue weighted by Crippen LogP contribution is 2.13. The number of hydrogen-bond donors (Lipinski definition) is 1. The van der Waals surface area contributed by atoms with Crippen LogP contribution in [0.25, 0.3) is 0 Å². The summed E-state index contributed by atoms with van der Waals surface area (Å²) in [5, 5.41) is 8.05. The van der Waals surface area contributed by atoms with E-state index in [4.69, 9.17) is 11.6 Å². The van der Waals surface area contributed by atoms with Crippen molar-refractivity contribution in [3.8, 4) is 0 Å². The molecule has 0 amide bonds. The number of nitrogens with one attached hydrogen (secondary N) is 1. The van der Waals surface area contributed by atoms with Crippen LogP contribution in [0.2, 0.25) is 5.15 Å². The third-order valence-corrected chi connectivity index (χ3v) is 2.61. The van der Waals surface area contributed by atoms with Gasteiger partial charge in [0, 0.05) is 36.2 Å². The molecule has 2 rings (SSSR count). The second-order valence-electron chi connectivity index (χ2n) is 4.14. The molecule has 2 heterocycles. The van der Waals surface area contributed by atoms with Crippen LogP contribution in [0.3, 0.4) is 0 Å². The van der Waals surface area contributed by atoms with Gasteiger partial charge < -0.3 is 5.32 Å². The van der Waals surface area contributed by atoms with Crippen molar-refractivity contribution in [3.63, 3.8) is 0 Å². The van der Waals surface area contributed by atoms with E-state index in [1.54, 1.807) is 12.3 Å². The first-order chi connectivity index (χ1) is 8.15. The van der Waals surface area contributed by atoms with E-state index in [-0.39, 0.29) is 0 Å². The van der Waals surface area contributed by atoms with Crippen LogP contribution in [0.4, 0.5) is 5.69 Å². The van der Waals surface area contributed by atoms with Crippen molar-refractivity contribution in [1.82, 2.24) is 14.8 Å². The summed E-state index contributed by atoms with van der Waals surface area (Å²) >= 11 is 5.80. The highest BCUT2D eigenvalue weighted by atomic mass is 35.5. The quantitative estimate of drug-likeness (QED) is 0.848. The van der Waals surface area contributed by atoms with E-state index in [2.05, 4.69) is 29.2 Å². The van der Waals surface area contributed by atoms with Crippen molar-refractivity contribution in [2.45, 2.75) is 26.4 Å². The van der Waals surface area contributed by atoms with Crippen molar-refractivity contribution >= 4 is 17.3 Å². The number of nitrogens with zero attached hydrogens (tertiary/aromatic N) is 3. The highest BCUT2D eigenvalue weighted by molar-refractivity contribution is 6.29. The highest BCUT2D eigenvalue weighted by Gasteiger charge is 2.01. The lowest BCUT2D eigenvalue weighted by Gasteiger charge is -2.05. The van der Waals surface area contributed by atoms with Crippen LogP contribution in [0, 0.1) is 0 Å². The lowest BCUT2D eigenvalue weighted by molar-refractivity contribution is 0.532. The largest absolute Gasteiger partial charge is 0.381 e. The van der Waals surface area contributed by atoms with Crippen LogP contribution < -0.4 is 5.32 Å². The lowest BCUT2D eigenvalue weighted by Crippen LogP contribution is -2.01. The van der Waals surface area contributed by atoms with Crippen LogP contribution >= 0.6 is 11.6 Å². The van der Waals surface area contributed by atoms with Gasteiger partial charge in [-0.2, -0.15) is 5.10 Å². The number of halogens is 1. The van der Waals surface area contributed by atoms with E-state index in [1.165, 1.54) is 0 Å². The fourth-order valence-corrected chi connectivity index (χ4v) is 1.64. The molecule has 0 bridgehead atoms. The summed E-state index contributed by atoms with van der Waals surface area (Å²) in [5.74, 6) is 0. The van der Waals surface area contributed by atoms with Gasteiger partial charge in [0.1, 0.15) is 5.15 Å². The maximum atomic E-state index is 5.80. The smallest absolute Gasteiger partial charge is 0.131 e. The summed E-state index contributed by atoms with van der Waals surface area (Å²) in [6, 6.07) is 4.08. The molecule has 1 N–H and O–H groups in total. The summed E-state index contributed by atoms with van der Waals surface area (Å²) in [6.45, 7) is 4.94. The van der Waals surface area contributed by atoms with Crippen LogP contribution in [0.5, 0.6) is 0 Å². The zero-order chi connectivity index (χ0) is 12.3. The Balaban J connectivity index is 1.97. The molecule has 90 valence electrons. The van der Waals surface area contributed by atoms with E-state index >= 15 is 0 Å². The summed E-state index contributed by atoms with van der Waals surface area (Å²) in [7, 11) is 0. The second-order valence-corrected chi connectivity index (χ2v) is 4.53. The summed E-state index contributed by atoms with van der Waals surface area (Å²) < 4.78 is 1.94. The van der Waals surface area contributed by atoms with Gasteiger partial charge in [0.2, 0.25) is 0 Å². The van der Waals surface area contributed by atoms with Gasteiger partial charge in [-0.15, -0.1) is 0 Å². The Kier molecular flexibility index (Phi) is 3.64. The van der Waals surface area contributed by atoms with Crippen molar-refractivity contribution < 1.29 is 0 Å². The Bertz CT molecular complexity index is 493. The van der Waals surface area contributed by atoms with Crippen molar-refractivity contribution in [1.29, 1.82) is 0 Å². The molecule has 17 heavy (non-hydrogen) atoms. The van der Waals surface area contributed by atoms with E-state index in [0.29, 0.717) is 11.2 Å². The fraction of sp³-hybridized carbons (Fsp3) is 0.333. The molecule has 0 radical (unpaired) electrons. The SMILES string of the molecule is CC(C)n1cc(CNc2ccnc(Cl)c2)cn1. The summed E-state index contributed by atoms with van der Waals surface area (Å²) in [5.41, 5.74) is 2.11. The Morgan fingerprint density at radius 1 is 1.47 bits per heavy atom. The second kappa shape index (κ2) is 5.19. The normalized spacial score (nSPS) is 10.8. The molecule has 2 aromatic rings. The Morgan fingerprint density at radius 2 is 2.29 bits per heavy atom. The zero-order valence-electron chi connectivity index (χ0n) is 9.89. The molecule has 0 saturated carbocycles. The number of rotatable bonds is 4. The topological polar surface area (TPSA) is 42.7 Å². The molecule has 0 atom stereocenters. The molecule has 0 aliphatic rings. The number of pyridine rings is 1. The Hall–Kier alpha value is -1.55. The minimum Gasteiger partial charge on any atom is -0.381 e. The first-order valence-corrected chi connectivity index (χ1v) is 5.91. The van der Waals surface area contributed by atoms with Gasteiger partial charge in [-0.25, -0.2) is 4.98 Å². The van der Waals surface area contributed by atoms with E-state index in [1.807, 2.05) is 23.1 Å². The number of aromatic nitrogens is 3. The molecular weight excluding hydrogens is 236 g/mol.